The Labute approximate surface area is 149 Å². The number of benzene rings is 2. The van der Waals surface area contributed by atoms with Crippen molar-refractivity contribution in [2.24, 2.45) is 0 Å². The molecule has 1 saturated carbocycles. The Bertz CT molecular complexity index is 705. The lowest BCUT2D eigenvalue weighted by atomic mass is 9.90. The molecule has 4 rings (SSSR count). The summed E-state index contributed by atoms with van der Waals surface area (Å²) in [7, 11) is 0. The highest BCUT2D eigenvalue weighted by molar-refractivity contribution is 5.67. The van der Waals surface area contributed by atoms with Crippen LogP contribution >= 0.6 is 0 Å². The van der Waals surface area contributed by atoms with Crippen LogP contribution in [0.3, 0.4) is 0 Å². The van der Waals surface area contributed by atoms with E-state index in [1.165, 1.54) is 6.42 Å². The molecule has 0 radical (unpaired) electrons. The van der Waals surface area contributed by atoms with Gasteiger partial charge in [-0.2, -0.15) is 0 Å². The first-order valence-corrected chi connectivity index (χ1v) is 9.09. The Morgan fingerprint density at radius 3 is 2.20 bits per heavy atom. The monoisotopic (exact) mass is 336 g/mol. The van der Waals surface area contributed by atoms with Crippen molar-refractivity contribution < 1.29 is 14.5 Å². The molecular weight excluding hydrogens is 312 g/mol. The van der Waals surface area contributed by atoms with Crippen LogP contribution in [0.4, 0.5) is 0 Å². The van der Waals surface area contributed by atoms with E-state index in [1.54, 1.807) is 0 Å². The van der Waals surface area contributed by atoms with Crippen molar-refractivity contribution in [2.75, 3.05) is 0 Å². The van der Waals surface area contributed by atoms with E-state index in [-0.39, 0.29) is 12.2 Å². The van der Waals surface area contributed by atoms with Gasteiger partial charge in [-0.05, 0) is 29.5 Å². The largest absolute Gasteiger partial charge is 0.336 e. The van der Waals surface area contributed by atoms with Crippen LogP contribution in [0, 0.1) is 0 Å². The van der Waals surface area contributed by atoms with Gasteiger partial charge in [0.15, 0.2) is 0 Å². The number of hydrogen-bond donors (Lipinski definition) is 0. The lowest BCUT2D eigenvalue weighted by Crippen LogP contribution is -2.48. The summed E-state index contributed by atoms with van der Waals surface area (Å²) in [5, 5.41) is 0. The van der Waals surface area contributed by atoms with Crippen LogP contribution in [-0.2, 0) is 14.5 Å². The summed E-state index contributed by atoms with van der Waals surface area (Å²) >= 11 is 0. The van der Waals surface area contributed by atoms with Crippen molar-refractivity contribution in [3.8, 4) is 0 Å². The Morgan fingerprint density at radius 2 is 1.52 bits per heavy atom. The minimum absolute atomic E-state index is 0.222. The summed E-state index contributed by atoms with van der Waals surface area (Å²) in [5.74, 6) is -0.619. The van der Waals surface area contributed by atoms with Gasteiger partial charge >= 0.3 is 0 Å². The molecule has 0 N–H and O–H groups in total. The second kappa shape index (κ2) is 7.12. The summed E-state index contributed by atoms with van der Waals surface area (Å²) < 4.78 is 6.55. The SMILES string of the molecule is C=C(c1ccccc1)[C@H]1OOC2(CCCCC2)O[C@@H]1c1ccccc1. The first-order valence-electron chi connectivity index (χ1n) is 9.09. The van der Waals surface area contributed by atoms with Crippen molar-refractivity contribution in [3.05, 3.63) is 78.4 Å². The van der Waals surface area contributed by atoms with E-state index in [2.05, 4.69) is 18.7 Å². The molecule has 0 aromatic heterocycles. The van der Waals surface area contributed by atoms with E-state index in [0.29, 0.717) is 0 Å². The summed E-state index contributed by atoms with van der Waals surface area (Å²) in [6.07, 6.45) is 4.61. The molecule has 25 heavy (non-hydrogen) atoms. The third-order valence-corrected chi connectivity index (χ3v) is 5.15. The zero-order chi connectivity index (χ0) is 17.1. The van der Waals surface area contributed by atoms with Crippen LogP contribution in [0.15, 0.2) is 67.2 Å². The molecule has 3 nitrogen and oxygen atoms in total. The summed E-state index contributed by atoms with van der Waals surface area (Å²) in [6, 6.07) is 20.3. The lowest BCUT2D eigenvalue weighted by Gasteiger charge is -2.45. The fraction of sp³-hybridized carbons (Fsp3) is 0.364. The van der Waals surface area contributed by atoms with E-state index in [0.717, 1.165) is 42.4 Å². The van der Waals surface area contributed by atoms with Gasteiger partial charge in [0, 0.05) is 12.8 Å². The van der Waals surface area contributed by atoms with E-state index >= 15 is 0 Å². The van der Waals surface area contributed by atoms with Gasteiger partial charge in [0.1, 0.15) is 12.2 Å². The molecule has 2 aromatic rings. The van der Waals surface area contributed by atoms with Crippen LogP contribution in [0.2, 0.25) is 0 Å². The molecule has 0 amide bonds. The lowest BCUT2D eigenvalue weighted by molar-refractivity contribution is -0.501. The highest BCUT2D eigenvalue weighted by Gasteiger charge is 2.46. The van der Waals surface area contributed by atoms with E-state index in [4.69, 9.17) is 14.5 Å². The molecule has 1 aliphatic carbocycles. The molecule has 3 heteroatoms. The standard InChI is InChI=1S/C22H24O3/c1-17(18-11-5-2-6-12-18)20-21(19-13-7-3-8-14-19)23-22(25-24-20)15-9-4-10-16-22/h2-3,5-8,11-14,20-21H,1,4,9-10,15-16H2/t20-,21-/m1/s1. The molecule has 1 aliphatic heterocycles. The van der Waals surface area contributed by atoms with Gasteiger partial charge in [0.05, 0.1) is 0 Å². The van der Waals surface area contributed by atoms with E-state index in [9.17, 15) is 0 Å². The average molecular weight is 336 g/mol. The first-order chi connectivity index (χ1) is 12.3. The molecular formula is C22H24O3. The van der Waals surface area contributed by atoms with Gasteiger partial charge < -0.3 is 4.74 Å². The smallest absolute Gasteiger partial charge is 0.202 e. The molecule has 0 unspecified atom stereocenters. The van der Waals surface area contributed by atoms with Gasteiger partial charge in [-0.15, -0.1) is 0 Å². The third kappa shape index (κ3) is 3.40. The molecule has 2 aromatic carbocycles. The maximum absolute atomic E-state index is 6.55. The predicted octanol–water partition coefficient (Wildman–Crippen LogP) is 5.45. The fourth-order valence-corrected chi connectivity index (χ4v) is 3.74. The zero-order valence-electron chi connectivity index (χ0n) is 14.4. The summed E-state index contributed by atoms with van der Waals surface area (Å²) in [5.41, 5.74) is 3.01. The minimum Gasteiger partial charge on any atom is -0.336 e. The van der Waals surface area contributed by atoms with Crippen LogP contribution in [0.5, 0.6) is 0 Å². The van der Waals surface area contributed by atoms with Crippen LogP contribution < -0.4 is 0 Å². The second-order valence-electron chi connectivity index (χ2n) is 6.91. The molecule has 1 heterocycles. The van der Waals surface area contributed by atoms with Crippen LogP contribution in [0.25, 0.3) is 5.57 Å². The highest BCUT2D eigenvalue weighted by atomic mass is 17.2. The van der Waals surface area contributed by atoms with Crippen LogP contribution in [-0.4, -0.2) is 11.9 Å². The van der Waals surface area contributed by atoms with Gasteiger partial charge in [-0.3, -0.25) is 0 Å². The van der Waals surface area contributed by atoms with Crippen molar-refractivity contribution in [1.82, 2.24) is 0 Å². The van der Waals surface area contributed by atoms with Crippen molar-refractivity contribution in [2.45, 2.75) is 50.1 Å². The van der Waals surface area contributed by atoms with Crippen molar-refractivity contribution >= 4 is 5.57 Å². The topological polar surface area (TPSA) is 27.7 Å². The van der Waals surface area contributed by atoms with Gasteiger partial charge in [0.25, 0.3) is 0 Å². The number of hydrogen-bond acceptors (Lipinski definition) is 3. The summed E-state index contributed by atoms with van der Waals surface area (Å²) in [4.78, 5) is 11.8. The molecule has 130 valence electrons. The quantitative estimate of drug-likeness (QED) is 0.698. The maximum Gasteiger partial charge on any atom is 0.202 e. The fourth-order valence-electron chi connectivity index (χ4n) is 3.74. The third-order valence-electron chi connectivity index (χ3n) is 5.15. The van der Waals surface area contributed by atoms with Crippen molar-refractivity contribution in [3.63, 3.8) is 0 Å². The van der Waals surface area contributed by atoms with Gasteiger partial charge in [-0.1, -0.05) is 73.7 Å². The van der Waals surface area contributed by atoms with Crippen molar-refractivity contribution in [1.29, 1.82) is 0 Å². The molecule has 2 fully saturated rings. The molecule has 1 saturated heterocycles. The Kier molecular flexibility index (Phi) is 4.71. The summed E-state index contributed by atoms with van der Waals surface area (Å²) in [6.45, 7) is 4.27. The Balaban J connectivity index is 1.65. The maximum atomic E-state index is 6.55. The van der Waals surface area contributed by atoms with Crippen LogP contribution in [0.1, 0.15) is 49.3 Å². The zero-order valence-corrected chi connectivity index (χ0v) is 14.4. The molecule has 1 spiro atoms. The predicted molar refractivity (Wildman–Crippen MR) is 97.5 cm³/mol. The van der Waals surface area contributed by atoms with Gasteiger partial charge in [0.2, 0.25) is 5.79 Å². The van der Waals surface area contributed by atoms with E-state index in [1.807, 2.05) is 48.5 Å². The highest BCUT2D eigenvalue weighted by Crippen LogP contribution is 2.45. The first kappa shape index (κ1) is 16.5. The molecule has 2 aliphatic rings. The average Bonchev–Trinajstić information content (AvgIpc) is 2.69. The normalized spacial score (nSPS) is 25.6. The molecule has 0 bridgehead atoms. The van der Waals surface area contributed by atoms with E-state index < -0.39 is 5.79 Å². The Morgan fingerprint density at radius 1 is 0.880 bits per heavy atom. The van der Waals surface area contributed by atoms with Gasteiger partial charge in [-0.25, -0.2) is 9.78 Å². The second-order valence-corrected chi connectivity index (χ2v) is 6.91. The molecule has 2 atom stereocenters. The Hall–Kier alpha value is -1.94. The minimum atomic E-state index is -0.619. The number of rotatable bonds is 3. The number of ether oxygens (including phenoxy) is 1.